The van der Waals surface area contributed by atoms with Gasteiger partial charge in [-0.3, -0.25) is 0 Å². The molecule has 0 aliphatic heterocycles. The van der Waals surface area contributed by atoms with Crippen LogP contribution in [0.1, 0.15) is 46.2 Å². The summed E-state index contributed by atoms with van der Waals surface area (Å²) in [5.41, 5.74) is 2.66. The number of hydrogen-bond acceptors (Lipinski definition) is 2. The number of nitrogens with zero attached hydrogens (tertiary/aromatic N) is 2. The van der Waals surface area contributed by atoms with Crippen LogP contribution >= 0.6 is 0 Å². The Morgan fingerprint density at radius 1 is 1.44 bits per heavy atom. The fraction of sp³-hybridized carbons (Fsp3) is 0.667. The van der Waals surface area contributed by atoms with Crippen LogP contribution in [-0.2, 0) is 6.54 Å². The van der Waals surface area contributed by atoms with Gasteiger partial charge in [-0.15, -0.1) is 0 Å². The third-order valence-corrected chi connectivity index (χ3v) is 2.92. The monoisotopic (exact) mass is 249 g/mol. The average Bonchev–Trinajstić information content (AvgIpc) is 2.75. The first-order valence-electron chi connectivity index (χ1n) is 7.07. The molecule has 0 amide bonds. The van der Waals surface area contributed by atoms with Crippen LogP contribution in [0.2, 0.25) is 0 Å². The van der Waals surface area contributed by atoms with Gasteiger partial charge in [0.05, 0.1) is 18.2 Å². The second-order valence-electron chi connectivity index (χ2n) is 5.19. The molecule has 18 heavy (non-hydrogen) atoms. The maximum absolute atomic E-state index is 4.23. The van der Waals surface area contributed by atoms with Crippen LogP contribution in [0.25, 0.3) is 6.08 Å². The number of rotatable bonds is 8. The molecule has 0 unspecified atom stereocenters. The van der Waals surface area contributed by atoms with E-state index in [0.29, 0.717) is 5.92 Å². The van der Waals surface area contributed by atoms with E-state index in [1.165, 1.54) is 11.3 Å². The smallest absolute Gasteiger partial charge is 0.0950 e. The SMILES string of the molecule is CCCn1cncc1C=C(CC)CNCC(C)C. The zero-order valence-electron chi connectivity index (χ0n) is 12.2. The molecule has 3 heteroatoms. The summed E-state index contributed by atoms with van der Waals surface area (Å²) in [6.45, 7) is 12.0. The molecule has 0 bridgehead atoms. The third kappa shape index (κ3) is 5.05. The van der Waals surface area contributed by atoms with Crippen molar-refractivity contribution in [1.29, 1.82) is 0 Å². The van der Waals surface area contributed by atoms with Gasteiger partial charge in [-0.05, 0) is 31.4 Å². The fourth-order valence-electron chi connectivity index (χ4n) is 1.89. The maximum Gasteiger partial charge on any atom is 0.0950 e. The molecular formula is C15H27N3. The number of aryl methyl sites for hydroxylation is 1. The van der Waals surface area contributed by atoms with Crippen molar-refractivity contribution in [2.75, 3.05) is 13.1 Å². The highest BCUT2D eigenvalue weighted by atomic mass is 15.0. The van der Waals surface area contributed by atoms with E-state index in [-0.39, 0.29) is 0 Å². The minimum absolute atomic E-state index is 0.703. The van der Waals surface area contributed by atoms with Gasteiger partial charge in [-0.1, -0.05) is 33.3 Å². The fourth-order valence-corrected chi connectivity index (χ4v) is 1.89. The molecule has 1 heterocycles. The molecule has 1 aromatic heterocycles. The lowest BCUT2D eigenvalue weighted by molar-refractivity contribution is 0.569. The molecule has 0 saturated carbocycles. The van der Waals surface area contributed by atoms with E-state index >= 15 is 0 Å². The molecular weight excluding hydrogens is 222 g/mol. The van der Waals surface area contributed by atoms with E-state index in [4.69, 9.17) is 0 Å². The average molecular weight is 249 g/mol. The number of hydrogen-bond donors (Lipinski definition) is 1. The predicted molar refractivity (Wildman–Crippen MR) is 78.5 cm³/mol. The summed E-state index contributed by atoms with van der Waals surface area (Å²) in [5, 5.41) is 3.50. The van der Waals surface area contributed by atoms with Crippen LogP contribution in [0.4, 0.5) is 0 Å². The summed E-state index contributed by atoms with van der Waals surface area (Å²) in [6, 6.07) is 0. The summed E-state index contributed by atoms with van der Waals surface area (Å²) < 4.78 is 2.22. The quantitative estimate of drug-likeness (QED) is 0.766. The number of aromatic nitrogens is 2. The van der Waals surface area contributed by atoms with Crippen molar-refractivity contribution in [3.8, 4) is 0 Å². The molecule has 102 valence electrons. The van der Waals surface area contributed by atoms with Crippen molar-refractivity contribution in [3.05, 3.63) is 23.8 Å². The van der Waals surface area contributed by atoms with E-state index in [2.05, 4.69) is 48.6 Å². The molecule has 1 N–H and O–H groups in total. The second-order valence-corrected chi connectivity index (χ2v) is 5.19. The minimum Gasteiger partial charge on any atom is -0.331 e. The molecule has 0 aliphatic carbocycles. The van der Waals surface area contributed by atoms with Crippen LogP contribution in [0, 0.1) is 5.92 Å². The van der Waals surface area contributed by atoms with Gasteiger partial charge < -0.3 is 9.88 Å². The van der Waals surface area contributed by atoms with Gasteiger partial charge in [0.25, 0.3) is 0 Å². The maximum atomic E-state index is 4.23. The molecule has 0 spiro atoms. The van der Waals surface area contributed by atoms with Crippen molar-refractivity contribution in [3.63, 3.8) is 0 Å². The molecule has 0 atom stereocenters. The first-order valence-corrected chi connectivity index (χ1v) is 7.07. The van der Waals surface area contributed by atoms with Crippen LogP contribution in [0.15, 0.2) is 18.1 Å². The van der Waals surface area contributed by atoms with Crippen molar-refractivity contribution < 1.29 is 0 Å². The Morgan fingerprint density at radius 3 is 2.83 bits per heavy atom. The lowest BCUT2D eigenvalue weighted by Gasteiger charge is -2.10. The van der Waals surface area contributed by atoms with E-state index in [9.17, 15) is 0 Å². The predicted octanol–water partition coefficient (Wildman–Crippen LogP) is 3.33. The summed E-state index contributed by atoms with van der Waals surface area (Å²) >= 11 is 0. The highest BCUT2D eigenvalue weighted by Crippen LogP contribution is 2.09. The van der Waals surface area contributed by atoms with Gasteiger partial charge in [0.2, 0.25) is 0 Å². The normalized spacial score (nSPS) is 12.4. The summed E-state index contributed by atoms with van der Waals surface area (Å²) in [4.78, 5) is 4.23. The van der Waals surface area contributed by atoms with Crippen molar-refractivity contribution in [2.45, 2.75) is 47.1 Å². The second kappa shape index (κ2) is 8.09. The first-order chi connectivity index (χ1) is 8.67. The number of nitrogens with one attached hydrogen (secondary N) is 1. The van der Waals surface area contributed by atoms with E-state index in [1.54, 1.807) is 0 Å². The van der Waals surface area contributed by atoms with Crippen molar-refractivity contribution in [1.82, 2.24) is 14.9 Å². The minimum atomic E-state index is 0.703. The topological polar surface area (TPSA) is 29.9 Å². The van der Waals surface area contributed by atoms with Crippen LogP contribution < -0.4 is 5.32 Å². The molecule has 0 aliphatic rings. The highest BCUT2D eigenvalue weighted by molar-refractivity contribution is 5.49. The van der Waals surface area contributed by atoms with Gasteiger partial charge in [0.1, 0.15) is 0 Å². The zero-order chi connectivity index (χ0) is 13.4. The Bertz CT molecular complexity index is 364. The van der Waals surface area contributed by atoms with Crippen molar-refractivity contribution in [2.24, 2.45) is 5.92 Å². The largest absolute Gasteiger partial charge is 0.331 e. The summed E-state index contributed by atoms with van der Waals surface area (Å²) in [6.07, 6.45) is 8.38. The third-order valence-electron chi connectivity index (χ3n) is 2.92. The highest BCUT2D eigenvalue weighted by Gasteiger charge is 2.01. The molecule has 1 rings (SSSR count). The molecule has 3 nitrogen and oxygen atoms in total. The Kier molecular flexibility index (Phi) is 6.73. The van der Waals surface area contributed by atoms with Gasteiger partial charge in [0.15, 0.2) is 0 Å². The number of imidazole rings is 1. The zero-order valence-corrected chi connectivity index (χ0v) is 12.2. The Hall–Kier alpha value is -1.09. The molecule has 0 aromatic carbocycles. The van der Waals surface area contributed by atoms with Gasteiger partial charge in [-0.25, -0.2) is 4.98 Å². The lowest BCUT2D eigenvalue weighted by Crippen LogP contribution is -2.22. The van der Waals surface area contributed by atoms with Gasteiger partial charge in [-0.2, -0.15) is 0 Å². The van der Waals surface area contributed by atoms with Crippen LogP contribution in [-0.4, -0.2) is 22.6 Å². The first kappa shape index (κ1) is 15.0. The Balaban J connectivity index is 2.62. The van der Waals surface area contributed by atoms with E-state index < -0.39 is 0 Å². The molecule has 0 radical (unpaired) electrons. The lowest BCUT2D eigenvalue weighted by atomic mass is 10.1. The summed E-state index contributed by atoms with van der Waals surface area (Å²) in [5.74, 6) is 0.703. The molecule has 1 aromatic rings. The van der Waals surface area contributed by atoms with E-state index in [0.717, 1.165) is 32.5 Å². The van der Waals surface area contributed by atoms with Gasteiger partial charge in [0, 0.05) is 13.1 Å². The van der Waals surface area contributed by atoms with Crippen LogP contribution in [0.5, 0.6) is 0 Å². The van der Waals surface area contributed by atoms with Crippen molar-refractivity contribution >= 4 is 6.08 Å². The Morgan fingerprint density at radius 2 is 2.22 bits per heavy atom. The molecule has 0 fully saturated rings. The van der Waals surface area contributed by atoms with Crippen LogP contribution in [0.3, 0.4) is 0 Å². The molecule has 0 saturated heterocycles. The summed E-state index contributed by atoms with van der Waals surface area (Å²) in [7, 11) is 0. The van der Waals surface area contributed by atoms with Gasteiger partial charge >= 0.3 is 0 Å². The standard InChI is InChI=1S/C15H27N3/c1-5-7-18-12-17-11-15(18)8-14(6-2)10-16-9-13(3)4/h8,11-13,16H,5-7,9-10H2,1-4H3. The van der Waals surface area contributed by atoms with E-state index in [1.807, 2.05) is 12.5 Å². The Labute approximate surface area is 111 Å².